The standard InChI is InChI=1S/C14H18Cl2N2O.ClH/c15-12-2-1-3-13(16)14(12)19-5-4-18-8-10-6-17-7-11(10)9-18;/h1-3,10-11,17H,4-9H2;1H/t10-,11+;. The molecule has 3 rings (SSSR count). The summed E-state index contributed by atoms with van der Waals surface area (Å²) in [6, 6.07) is 5.43. The van der Waals surface area contributed by atoms with Gasteiger partial charge in [-0.15, -0.1) is 12.4 Å². The SMILES string of the molecule is Cl.Clc1cccc(Cl)c1OCCN1C[C@H]2CNC[C@H]2C1. The number of halogens is 3. The molecule has 1 N–H and O–H groups in total. The van der Waals surface area contributed by atoms with E-state index in [0.29, 0.717) is 22.4 Å². The summed E-state index contributed by atoms with van der Waals surface area (Å²) in [7, 11) is 0. The van der Waals surface area contributed by atoms with E-state index >= 15 is 0 Å². The lowest BCUT2D eigenvalue weighted by Crippen LogP contribution is -2.29. The highest BCUT2D eigenvalue weighted by Crippen LogP contribution is 2.32. The summed E-state index contributed by atoms with van der Waals surface area (Å²) >= 11 is 12.1. The summed E-state index contributed by atoms with van der Waals surface area (Å²) < 4.78 is 5.73. The molecule has 2 fully saturated rings. The first kappa shape index (κ1) is 16.2. The zero-order chi connectivity index (χ0) is 13.2. The molecular formula is C14H19Cl3N2O. The van der Waals surface area contributed by atoms with Gasteiger partial charge in [0.1, 0.15) is 6.61 Å². The minimum absolute atomic E-state index is 0. The second kappa shape index (κ2) is 7.19. The average molecular weight is 338 g/mol. The molecule has 2 aliphatic heterocycles. The van der Waals surface area contributed by atoms with Gasteiger partial charge in [0.15, 0.2) is 5.75 Å². The predicted molar refractivity (Wildman–Crippen MR) is 85.5 cm³/mol. The lowest BCUT2D eigenvalue weighted by molar-refractivity contribution is 0.228. The number of fused-ring (bicyclic) bond motifs is 1. The molecule has 112 valence electrons. The lowest BCUT2D eigenvalue weighted by Gasteiger charge is -2.17. The Morgan fingerprint density at radius 2 is 1.75 bits per heavy atom. The Balaban J connectivity index is 0.00000147. The van der Waals surface area contributed by atoms with E-state index in [1.165, 1.54) is 26.2 Å². The van der Waals surface area contributed by atoms with Crippen LogP contribution in [0.25, 0.3) is 0 Å². The van der Waals surface area contributed by atoms with Crippen LogP contribution in [0.5, 0.6) is 5.75 Å². The van der Waals surface area contributed by atoms with Crippen molar-refractivity contribution >= 4 is 35.6 Å². The Morgan fingerprint density at radius 3 is 2.35 bits per heavy atom. The van der Waals surface area contributed by atoms with Crippen molar-refractivity contribution in [2.24, 2.45) is 11.8 Å². The molecule has 0 unspecified atom stereocenters. The van der Waals surface area contributed by atoms with Gasteiger partial charge in [-0.2, -0.15) is 0 Å². The predicted octanol–water partition coefficient (Wildman–Crippen LogP) is 2.95. The smallest absolute Gasteiger partial charge is 0.156 e. The molecule has 2 saturated heterocycles. The van der Waals surface area contributed by atoms with E-state index in [0.717, 1.165) is 18.4 Å². The maximum absolute atomic E-state index is 6.07. The molecule has 0 radical (unpaired) electrons. The molecule has 2 atom stereocenters. The maximum Gasteiger partial charge on any atom is 0.156 e. The normalized spacial score (nSPS) is 25.3. The number of likely N-dealkylation sites (tertiary alicyclic amines) is 1. The first-order valence-electron chi connectivity index (χ1n) is 6.74. The van der Waals surface area contributed by atoms with E-state index in [1.54, 1.807) is 12.1 Å². The zero-order valence-corrected chi connectivity index (χ0v) is 13.5. The number of para-hydroxylation sites is 1. The van der Waals surface area contributed by atoms with Crippen molar-refractivity contribution < 1.29 is 4.74 Å². The van der Waals surface area contributed by atoms with Crippen LogP contribution in [0.15, 0.2) is 18.2 Å². The van der Waals surface area contributed by atoms with Gasteiger partial charge in [0.2, 0.25) is 0 Å². The Kier molecular flexibility index (Phi) is 5.82. The van der Waals surface area contributed by atoms with E-state index in [1.807, 2.05) is 6.07 Å². The van der Waals surface area contributed by atoms with Gasteiger partial charge < -0.3 is 10.1 Å². The molecule has 0 aromatic heterocycles. The van der Waals surface area contributed by atoms with Crippen LogP contribution in [-0.2, 0) is 0 Å². The zero-order valence-electron chi connectivity index (χ0n) is 11.1. The van der Waals surface area contributed by atoms with Crippen LogP contribution in [0.3, 0.4) is 0 Å². The molecule has 0 spiro atoms. The largest absolute Gasteiger partial charge is 0.489 e. The van der Waals surface area contributed by atoms with Crippen molar-refractivity contribution in [2.75, 3.05) is 39.3 Å². The van der Waals surface area contributed by atoms with Crippen molar-refractivity contribution in [2.45, 2.75) is 0 Å². The third-order valence-electron chi connectivity index (χ3n) is 4.04. The molecule has 0 bridgehead atoms. The molecule has 20 heavy (non-hydrogen) atoms. The number of rotatable bonds is 4. The van der Waals surface area contributed by atoms with Crippen LogP contribution in [-0.4, -0.2) is 44.2 Å². The summed E-state index contributed by atoms with van der Waals surface area (Å²) in [6.45, 7) is 6.26. The van der Waals surface area contributed by atoms with Gasteiger partial charge in [0, 0.05) is 19.6 Å². The van der Waals surface area contributed by atoms with Gasteiger partial charge in [-0.1, -0.05) is 29.3 Å². The summed E-state index contributed by atoms with van der Waals surface area (Å²) in [5.74, 6) is 2.25. The summed E-state index contributed by atoms with van der Waals surface area (Å²) in [5, 5.41) is 4.61. The molecular weight excluding hydrogens is 319 g/mol. The third-order valence-corrected chi connectivity index (χ3v) is 4.63. The van der Waals surface area contributed by atoms with E-state index in [-0.39, 0.29) is 12.4 Å². The molecule has 0 amide bonds. The van der Waals surface area contributed by atoms with Gasteiger partial charge in [0.05, 0.1) is 10.0 Å². The molecule has 3 nitrogen and oxygen atoms in total. The fourth-order valence-electron chi connectivity index (χ4n) is 3.03. The van der Waals surface area contributed by atoms with Crippen molar-refractivity contribution in [3.05, 3.63) is 28.2 Å². The van der Waals surface area contributed by atoms with Crippen LogP contribution in [0.1, 0.15) is 0 Å². The second-order valence-corrected chi connectivity index (χ2v) is 6.15. The first-order valence-corrected chi connectivity index (χ1v) is 7.49. The van der Waals surface area contributed by atoms with Gasteiger partial charge >= 0.3 is 0 Å². The molecule has 6 heteroatoms. The fraction of sp³-hybridized carbons (Fsp3) is 0.571. The van der Waals surface area contributed by atoms with Crippen molar-refractivity contribution in [3.8, 4) is 5.75 Å². The Bertz CT molecular complexity index is 426. The highest BCUT2D eigenvalue weighted by Gasteiger charge is 2.35. The third kappa shape index (κ3) is 3.52. The van der Waals surface area contributed by atoms with E-state index in [4.69, 9.17) is 27.9 Å². The number of ether oxygens (including phenoxy) is 1. The van der Waals surface area contributed by atoms with Crippen LogP contribution in [0.4, 0.5) is 0 Å². The second-order valence-electron chi connectivity index (χ2n) is 5.34. The van der Waals surface area contributed by atoms with Gasteiger partial charge in [-0.05, 0) is 37.1 Å². The quantitative estimate of drug-likeness (QED) is 0.914. The van der Waals surface area contributed by atoms with E-state index in [2.05, 4.69) is 10.2 Å². The fourth-order valence-corrected chi connectivity index (χ4v) is 3.54. The minimum Gasteiger partial charge on any atom is -0.489 e. The molecule has 2 aliphatic rings. The van der Waals surface area contributed by atoms with Crippen LogP contribution >= 0.6 is 35.6 Å². The maximum atomic E-state index is 6.07. The summed E-state index contributed by atoms with van der Waals surface area (Å²) in [4.78, 5) is 2.47. The highest BCUT2D eigenvalue weighted by atomic mass is 35.5. The van der Waals surface area contributed by atoms with Crippen molar-refractivity contribution in [1.82, 2.24) is 10.2 Å². The van der Waals surface area contributed by atoms with E-state index < -0.39 is 0 Å². The van der Waals surface area contributed by atoms with Crippen LogP contribution in [0.2, 0.25) is 10.0 Å². The van der Waals surface area contributed by atoms with Crippen molar-refractivity contribution in [3.63, 3.8) is 0 Å². The molecule has 1 aromatic rings. The number of hydrogen-bond donors (Lipinski definition) is 1. The Morgan fingerprint density at radius 1 is 1.15 bits per heavy atom. The van der Waals surface area contributed by atoms with Gasteiger partial charge in [-0.3, -0.25) is 4.90 Å². The Labute approximate surface area is 136 Å². The Hall–Kier alpha value is -0.190. The van der Waals surface area contributed by atoms with Gasteiger partial charge in [0.25, 0.3) is 0 Å². The van der Waals surface area contributed by atoms with E-state index in [9.17, 15) is 0 Å². The average Bonchev–Trinajstić information content (AvgIpc) is 2.93. The first-order chi connectivity index (χ1) is 9.24. The number of nitrogens with zero attached hydrogens (tertiary/aromatic N) is 1. The molecule has 0 saturated carbocycles. The molecule has 0 aliphatic carbocycles. The summed E-state index contributed by atoms with van der Waals surface area (Å²) in [6.07, 6.45) is 0. The molecule has 1 aromatic carbocycles. The van der Waals surface area contributed by atoms with Gasteiger partial charge in [-0.25, -0.2) is 0 Å². The van der Waals surface area contributed by atoms with Crippen molar-refractivity contribution in [1.29, 1.82) is 0 Å². The highest BCUT2D eigenvalue weighted by molar-refractivity contribution is 6.37. The monoisotopic (exact) mass is 336 g/mol. The number of benzene rings is 1. The number of hydrogen-bond acceptors (Lipinski definition) is 3. The molecule has 2 heterocycles. The lowest BCUT2D eigenvalue weighted by atomic mass is 10.0. The number of nitrogens with one attached hydrogen (secondary N) is 1. The minimum atomic E-state index is 0. The summed E-state index contributed by atoms with van der Waals surface area (Å²) in [5.41, 5.74) is 0. The topological polar surface area (TPSA) is 24.5 Å². The van der Waals surface area contributed by atoms with Crippen LogP contribution < -0.4 is 10.1 Å². The van der Waals surface area contributed by atoms with Crippen LogP contribution in [0, 0.1) is 11.8 Å².